The Bertz CT molecular complexity index is 791. The Morgan fingerprint density at radius 1 is 1.17 bits per heavy atom. The van der Waals surface area contributed by atoms with Crippen molar-refractivity contribution in [2.45, 2.75) is 0 Å². The number of thiocarbonyl (C=S) groups is 1. The standard InChI is InChI=1S/C15H11Cl2N3O3S/c16-9-3-5-11(12(17)8-9)14(22)19-20-15(24)18-13(21)6-4-10-2-1-7-23-10/h1-8H,(H,19,22)(H2,18,20,21,24)/b6-4+. The van der Waals surface area contributed by atoms with Crippen molar-refractivity contribution in [1.29, 1.82) is 0 Å². The molecule has 0 unspecified atom stereocenters. The molecule has 0 bridgehead atoms. The number of hydrazine groups is 1. The van der Waals surface area contributed by atoms with Gasteiger partial charge in [0.2, 0.25) is 5.91 Å². The van der Waals surface area contributed by atoms with Gasteiger partial charge < -0.3 is 4.42 Å². The van der Waals surface area contributed by atoms with Crippen LogP contribution in [0.15, 0.2) is 47.1 Å². The summed E-state index contributed by atoms with van der Waals surface area (Å²) in [5, 5.41) is 2.88. The van der Waals surface area contributed by atoms with Gasteiger partial charge in [0.05, 0.1) is 16.8 Å². The fraction of sp³-hybridized carbons (Fsp3) is 0. The van der Waals surface area contributed by atoms with Gasteiger partial charge in [-0.2, -0.15) is 0 Å². The number of benzene rings is 1. The van der Waals surface area contributed by atoms with Crippen molar-refractivity contribution in [3.8, 4) is 0 Å². The summed E-state index contributed by atoms with van der Waals surface area (Å²) in [6, 6.07) is 7.83. The first-order valence-corrected chi connectivity index (χ1v) is 7.70. The minimum absolute atomic E-state index is 0.0810. The van der Waals surface area contributed by atoms with E-state index in [-0.39, 0.29) is 15.7 Å². The Morgan fingerprint density at radius 2 is 1.96 bits per heavy atom. The average molecular weight is 384 g/mol. The summed E-state index contributed by atoms with van der Waals surface area (Å²) in [6.07, 6.45) is 4.20. The summed E-state index contributed by atoms with van der Waals surface area (Å²) in [6.45, 7) is 0. The van der Waals surface area contributed by atoms with E-state index in [1.807, 2.05) is 0 Å². The van der Waals surface area contributed by atoms with Crippen LogP contribution in [0.25, 0.3) is 6.08 Å². The molecule has 3 N–H and O–H groups in total. The van der Waals surface area contributed by atoms with Crippen LogP contribution in [0.2, 0.25) is 10.0 Å². The van der Waals surface area contributed by atoms with E-state index in [0.717, 1.165) is 0 Å². The fourth-order valence-electron chi connectivity index (χ4n) is 1.58. The van der Waals surface area contributed by atoms with E-state index >= 15 is 0 Å². The highest BCUT2D eigenvalue weighted by atomic mass is 35.5. The van der Waals surface area contributed by atoms with Crippen LogP contribution in [0.3, 0.4) is 0 Å². The predicted octanol–water partition coefficient (Wildman–Crippen LogP) is 2.94. The molecule has 0 aliphatic rings. The smallest absolute Gasteiger partial charge is 0.271 e. The predicted molar refractivity (Wildman–Crippen MR) is 95.5 cm³/mol. The van der Waals surface area contributed by atoms with Crippen LogP contribution in [-0.2, 0) is 4.79 Å². The summed E-state index contributed by atoms with van der Waals surface area (Å²) < 4.78 is 5.04. The molecule has 1 heterocycles. The molecule has 6 nitrogen and oxygen atoms in total. The second kappa shape index (κ2) is 8.49. The van der Waals surface area contributed by atoms with Crippen molar-refractivity contribution in [1.82, 2.24) is 16.2 Å². The molecule has 2 amide bonds. The Balaban J connectivity index is 1.82. The first kappa shape index (κ1) is 18.0. The molecule has 0 saturated carbocycles. The minimum Gasteiger partial charge on any atom is -0.465 e. The van der Waals surface area contributed by atoms with Crippen LogP contribution < -0.4 is 16.2 Å². The molecule has 9 heteroatoms. The number of carbonyl (C=O) groups is 2. The summed E-state index contributed by atoms with van der Waals surface area (Å²) >= 11 is 16.6. The van der Waals surface area contributed by atoms with Crippen molar-refractivity contribution in [3.05, 3.63) is 64.0 Å². The molecular weight excluding hydrogens is 373 g/mol. The van der Waals surface area contributed by atoms with Crippen LogP contribution in [0, 0.1) is 0 Å². The third-order valence-electron chi connectivity index (χ3n) is 2.64. The lowest BCUT2D eigenvalue weighted by atomic mass is 10.2. The van der Waals surface area contributed by atoms with Gasteiger partial charge >= 0.3 is 0 Å². The maximum Gasteiger partial charge on any atom is 0.271 e. The van der Waals surface area contributed by atoms with Crippen LogP contribution in [0.4, 0.5) is 0 Å². The van der Waals surface area contributed by atoms with Gasteiger partial charge in [-0.15, -0.1) is 0 Å². The van der Waals surface area contributed by atoms with E-state index in [1.165, 1.54) is 36.6 Å². The topological polar surface area (TPSA) is 83.4 Å². The van der Waals surface area contributed by atoms with Gasteiger partial charge in [-0.3, -0.25) is 25.8 Å². The maximum absolute atomic E-state index is 11.9. The number of halogens is 2. The Morgan fingerprint density at radius 3 is 2.62 bits per heavy atom. The summed E-state index contributed by atoms with van der Waals surface area (Å²) in [5.41, 5.74) is 4.93. The first-order chi connectivity index (χ1) is 11.5. The van der Waals surface area contributed by atoms with Crippen molar-refractivity contribution in [2.75, 3.05) is 0 Å². The van der Waals surface area contributed by atoms with Gasteiger partial charge in [-0.25, -0.2) is 0 Å². The van der Waals surface area contributed by atoms with Crippen molar-refractivity contribution < 1.29 is 14.0 Å². The van der Waals surface area contributed by atoms with E-state index in [2.05, 4.69) is 16.2 Å². The average Bonchev–Trinajstić information content (AvgIpc) is 3.04. The highest BCUT2D eigenvalue weighted by Crippen LogP contribution is 2.20. The maximum atomic E-state index is 11.9. The molecule has 0 fully saturated rings. The normalized spacial score (nSPS) is 10.4. The lowest BCUT2D eigenvalue weighted by molar-refractivity contribution is -0.115. The fourth-order valence-corrected chi connectivity index (χ4v) is 2.23. The molecule has 0 spiro atoms. The van der Waals surface area contributed by atoms with E-state index in [0.29, 0.717) is 10.8 Å². The number of rotatable bonds is 3. The summed E-state index contributed by atoms with van der Waals surface area (Å²) in [4.78, 5) is 23.6. The van der Waals surface area contributed by atoms with Crippen molar-refractivity contribution >= 4 is 58.4 Å². The molecule has 1 aromatic carbocycles. The Kier molecular flexibility index (Phi) is 6.36. The minimum atomic E-state index is -0.528. The Hall–Kier alpha value is -2.35. The Labute approximate surface area is 152 Å². The summed E-state index contributed by atoms with van der Waals surface area (Å²) in [7, 11) is 0. The first-order valence-electron chi connectivity index (χ1n) is 6.53. The molecule has 1 aromatic heterocycles. The number of furan rings is 1. The molecule has 0 aliphatic heterocycles. The lowest BCUT2D eigenvalue weighted by Crippen LogP contribution is -2.48. The van der Waals surface area contributed by atoms with Gasteiger partial charge in [0, 0.05) is 11.1 Å². The van der Waals surface area contributed by atoms with Gasteiger partial charge in [-0.1, -0.05) is 23.2 Å². The SMILES string of the molecule is O=C(/C=C/c1ccco1)NC(=S)NNC(=O)c1ccc(Cl)cc1Cl. The molecule has 124 valence electrons. The van der Waals surface area contributed by atoms with Gasteiger partial charge in [0.25, 0.3) is 5.91 Å². The van der Waals surface area contributed by atoms with Gasteiger partial charge in [0.1, 0.15) is 5.76 Å². The molecule has 0 atom stereocenters. The van der Waals surface area contributed by atoms with E-state index in [1.54, 1.807) is 12.1 Å². The molecule has 24 heavy (non-hydrogen) atoms. The van der Waals surface area contributed by atoms with E-state index < -0.39 is 11.8 Å². The zero-order chi connectivity index (χ0) is 17.5. The van der Waals surface area contributed by atoms with Crippen molar-refractivity contribution in [2.24, 2.45) is 0 Å². The lowest BCUT2D eigenvalue weighted by Gasteiger charge is -2.10. The van der Waals surface area contributed by atoms with Gasteiger partial charge in [-0.05, 0) is 48.6 Å². The molecule has 0 saturated heterocycles. The third-order valence-corrected chi connectivity index (χ3v) is 3.40. The van der Waals surface area contributed by atoms with Crippen LogP contribution in [0.1, 0.15) is 16.1 Å². The highest BCUT2D eigenvalue weighted by molar-refractivity contribution is 7.80. The quantitative estimate of drug-likeness (QED) is 0.431. The largest absolute Gasteiger partial charge is 0.465 e. The summed E-state index contributed by atoms with van der Waals surface area (Å²) in [5.74, 6) is -0.489. The third kappa shape index (κ3) is 5.38. The number of hydrogen-bond acceptors (Lipinski definition) is 4. The molecule has 0 aliphatic carbocycles. The number of hydrogen-bond donors (Lipinski definition) is 3. The van der Waals surface area contributed by atoms with E-state index in [4.69, 9.17) is 39.8 Å². The van der Waals surface area contributed by atoms with Gasteiger partial charge in [0.15, 0.2) is 5.11 Å². The molecule has 2 rings (SSSR count). The zero-order valence-electron chi connectivity index (χ0n) is 12.0. The monoisotopic (exact) mass is 383 g/mol. The second-order valence-electron chi connectivity index (χ2n) is 4.37. The molecule has 2 aromatic rings. The van der Waals surface area contributed by atoms with Crippen molar-refractivity contribution in [3.63, 3.8) is 0 Å². The van der Waals surface area contributed by atoms with Crippen LogP contribution in [0.5, 0.6) is 0 Å². The molecule has 0 radical (unpaired) electrons. The number of carbonyl (C=O) groups excluding carboxylic acids is 2. The number of nitrogens with one attached hydrogen (secondary N) is 3. The number of amides is 2. The van der Waals surface area contributed by atoms with E-state index in [9.17, 15) is 9.59 Å². The highest BCUT2D eigenvalue weighted by Gasteiger charge is 2.11. The van der Waals surface area contributed by atoms with Crippen LogP contribution in [-0.4, -0.2) is 16.9 Å². The molecular formula is C15H11Cl2N3O3S. The zero-order valence-corrected chi connectivity index (χ0v) is 14.3. The van der Waals surface area contributed by atoms with Crippen LogP contribution >= 0.6 is 35.4 Å². The second-order valence-corrected chi connectivity index (χ2v) is 5.62.